The summed E-state index contributed by atoms with van der Waals surface area (Å²) in [6.07, 6.45) is 3.85. The molecule has 1 aliphatic carbocycles. The molecule has 0 aromatic heterocycles. The Kier molecular flexibility index (Phi) is 4.11. The summed E-state index contributed by atoms with van der Waals surface area (Å²) in [7, 11) is 0. The summed E-state index contributed by atoms with van der Waals surface area (Å²) in [5, 5.41) is 0. The minimum atomic E-state index is 0.406. The van der Waals surface area contributed by atoms with Crippen LogP contribution in [0.15, 0.2) is 30.3 Å². The van der Waals surface area contributed by atoms with Crippen LogP contribution >= 0.6 is 0 Å². The molecule has 0 bridgehead atoms. The Morgan fingerprint density at radius 3 is 2.33 bits per heavy atom. The Morgan fingerprint density at radius 2 is 1.78 bits per heavy atom. The highest BCUT2D eigenvalue weighted by Crippen LogP contribution is 2.47. The van der Waals surface area contributed by atoms with Crippen LogP contribution in [-0.4, -0.2) is 6.54 Å². The summed E-state index contributed by atoms with van der Waals surface area (Å²) in [4.78, 5) is 0. The lowest BCUT2D eigenvalue weighted by Gasteiger charge is -2.32. The standard InChI is InChI=1S/C17H27N/c1-17(2,3)16-11-14(12-18)10-15(16)9-13-7-5-4-6-8-13/h4-8,14-16H,9-12,18H2,1-3H3. The fourth-order valence-electron chi connectivity index (χ4n) is 3.64. The van der Waals surface area contributed by atoms with Gasteiger partial charge in [0.15, 0.2) is 0 Å². The number of nitrogens with two attached hydrogens (primary N) is 1. The van der Waals surface area contributed by atoms with Gasteiger partial charge in [-0.2, -0.15) is 0 Å². The van der Waals surface area contributed by atoms with Gasteiger partial charge >= 0.3 is 0 Å². The van der Waals surface area contributed by atoms with Crippen LogP contribution in [0.1, 0.15) is 39.2 Å². The van der Waals surface area contributed by atoms with E-state index in [1.807, 2.05) is 0 Å². The van der Waals surface area contributed by atoms with Crippen LogP contribution < -0.4 is 5.73 Å². The monoisotopic (exact) mass is 245 g/mol. The highest BCUT2D eigenvalue weighted by molar-refractivity contribution is 5.16. The van der Waals surface area contributed by atoms with Crippen molar-refractivity contribution in [2.75, 3.05) is 6.54 Å². The predicted molar refractivity (Wildman–Crippen MR) is 78.4 cm³/mol. The van der Waals surface area contributed by atoms with Crippen molar-refractivity contribution in [1.29, 1.82) is 0 Å². The maximum absolute atomic E-state index is 5.89. The minimum absolute atomic E-state index is 0.406. The molecule has 1 fully saturated rings. The van der Waals surface area contributed by atoms with E-state index in [1.165, 1.54) is 24.8 Å². The molecular formula is C17H27N. The number of hydrogen-bond donors (Lipinski definition) is 1. The molecule has 0 aliphatic heterocycles. The third-order valence-corrected chi connectivity index (χ3v) is 4.58. The zero-order chi connectivity index (χ0) is 13.2. The number of rotatable bonds is 3. The van der Waals surface area contributed by atoms with Crippen LogP contribution in [0, 0.1) is 23.2 Å². The third-order valence-electron chi connectivity index (χ3n) is 4.58. The Bertz CT molecular complexity index is 363. The molecule has 2 rings (SSSR count). The zero-order valence-corrected chi connectivity index (χ0v) is 12.0. The van der Waals surface area contributed by atoms with E-state index in [4.69, 9.17) is 5.73 Å². The van der Waals surface area contributed by atoms with Gasteiger partial charge in [0.25, 0.3) is 0 Å². The van der Waals surface area contributed by atoms with E-state index < -0.39 is 0 Å². The first kappa shape index (κ1) is 13.6. The van der Waals surface area contributed by atoms with Crippen LogP contribution in [0.2, 0.25) is 0 Å². The molecule has 2 N–H and O–H groups in total. The lowest BCUT2D eigenvalue weighted by atomic mass is 9.73. The Labute approximate surface area is 112 Å². The molecule has 100 valence electrons. The van der Waals surface area contributed by atoms with Crippen molar-refractivity contribution in [3.63, 3.8) is 0 Å². The fraction of sp³-hybridized carbons (Fsp3) is 0.647. The van der Waals surface area contributed by atoms with Gasteiger partial charge in [0.2, 0.25) is 0 Å². The van der Waals surface area contributed by atoms with E-state index in [0.717, 1.165) is 24.3 Å². The molecule has 1 nitrogen and oxygen atoms in total. The van der Waals surface area contributed by atoms with E-state index >= 15 is 0 Å². The van der Waals surface area contributed by atoms with Gasteiger partial charge in [0.1, 0.15) is 0 Å². The molecular weight excluding hydrogens is 218 g/mol. The van der Waals surface area contributed by atoms with E-state index in [-0.39, 0.29) is 0 Å². The van der Waals surface area contributed by atoms with Crippen LogP contribution in [0.5, 0.6) is 0 Å². The highest BCUT2D eigenvalue weighted by atomic mass is 14.6. The van der Waals surface area contributed by atoms with E-state index in [0.29, 0.717) is 5.41 Å². The second-order valence-electron chi connectivity index (χ2n) is 7.00. The van der Waals surface area contributed by atoms with E-state index in [1.54, 1.807) is 0 Å². The molecule has 0 radical (unpaired) electrons. The first-order valence-electron chi connectivity index (χ1n) is 7.24. The topological polar surface area (TPSA) is 26.0 Å². The lowest BCUT2D eigenvalue weighted by Crippen LogP contribution is -2.25. The first-order chi connectivity index (χ1) is 8.50. The van der Waals surface area contributed by atoms with Crippen LogP contribution in [0.25, 0.3) is 0 Å². The van der Waals surface area contributed by atoms with Crippen LogP contribution in [0.4, 0.5) is 0 Å². The van der Waals surface area contributed by atoms with Gasteiger partial charge in [-0.15, -0.1) is 0 Å². The number of hydrogen-bond acceptors (Lipinski definition) is 1. The average molecular weight is 245 g/mol. The smallest absolute Gasteiger partial charge is 0.00487 e. The molecule has 3 unspecified atom stereocenters. The molecule has 1 aromatic carbocycles. The second-order valence-corrected chi connectivity index (χ2v) is 7.00. The first-order valence-corrected chi connectivity index (χ1v) is 7.24. The minimum Gasteiger partial charge on any atom is -0.330 e. The van der Waals surface area contributed by atoms with Gasteiger partial charge in [-0.3, -0.25) is 0 Å². The largest absolute Gasteiger partial charge is 0.330 e. The summed E-state index contributed by atoms with van der Waals surface area (Å²) in [6.45, 7) is 8.01. The fourth-order valence-corrected chi connectivity index (χ4v) is 3.64. The van der Waals surface area contributed by atoms with Crippen molar-refractivity contribution in [1.82, 2.24) is 0 Å². The molecule has 1 heteroatoms. The summed E-state index contributed by atoms with van der Waals surface area (Å²) in [5.74, 6) is 2.36. The maximum Gasteiger partial charge on any atom is -0.00487 e. The summed E-state index contributed by atoms with van der Waals surface area (Å²) in [6, 6.07) is 10.9. The van der Waals surface area contributed by atoms with Gasteiger partial charge in [-0.05, 0) is 54.5 Å². The molecule has 0 amide bonds. The molecule has 3 atom stereocenters. The van der Waals surface area contributed by atoms with E-state index in [2.05, 4.69) is 51.1 Å². The molecule has 1 aromatic rings. The summed E-state index contributed by atoms with van der Waals surface area (Å²) in [5.41, 5.74) is 7.78. The predicted octanol–water partition coefficient (Wildman–Crippen LogP) is 3.88. The summed E-state index contributed by atoms with van der Waals surface area (Å²) >= 11 is 0. The quantitative estimate of drug-likeness (QED) is 0.859. The molecule has 0 spiro atoms. The third kappa shape index (κ3) is 3.14. The normalized spacial score (nSPS) is 28.6. The zero-order valence-electron chi connectivity index (χ0n) is 12.0. The van der Waals surface area contributed by atoms with Crippen molar-refractivity contribution in [2.24, 2.45) is 28.9 Å². The van der Waals surface area contributed by atoms with Crippen molar-refractivity contribution in [2.45, 2.75) is 40.0 Å². The molecule has 1 aliphatic rings. The summed E-state index contributed by atoms with van der Waals surface area (Å²) < 4.78 is 0. The van der Waals surface area contributed by atoms with Gasteiger partial charge in [0.05, 0.1) is 0 Å². The van der Waals surface area contributed by atoms with E-state index in [9.17, 15) is 0 Å². The highest BCUT2D eigenvalue weighted by Gasteiger charge is 2.39. The Hall–Kier alpha value is -0.820. The molecule has 18 heavy (non-hydrogen) atoms. The Morgan fingerprint density at radius 1 is 1.11 bits per heavy atom. The van der Waals surface area contributed by atoms with Gasteiger partial charge in [0, 0.05) is 0 Å². The Balaban J connectivity index is 2.10. The lowest BCUT2D eigenvalue weighted by molar-refractivity contribution is 0.183. The number of benzene rings is 1. The molecule has 0 heterocycles. The van der Waals surface area contributed by atoms with Gasteiger partial charge < -0.3 is 5.73 Å². The SMILES string of the molecule is CC(C)(C)C1CC(CN)CC1Cc1ccccc1. The van der Waals surface area contributed by atoms with Gasteiger partial charge in [-0.1, -0.05) is 51.1 Å². The molecule has 0 saturated heterocycles. The molecule has 1 saturated carbocycles. The van der Waals surface area contributed by atoms with Crippen molar-refractivity contribution in [3.05, 3.63) is 35.9 Å². The van der Waals surface area contributed by atoms with Gasteiger partial charge in [-0.25, -0.2) is 0 Å². The van der Waals surface area contributed by atoms with Crippen molar-refractivity contribution >= 4 is 0 Å². The maximum atomic E-state index is 5.89. The van der Waals surface area contributed by atoms with Crippen molar-refractivity contribution < 1.29 is 0 Å². The van der Waals surface area contributed by atoms with Crippen LogP contribution in [-0.2, 0) is 6.42 Å². The van der Waals surface area contributed by atoms with Crippen molar-refractivity contribution in [3.8, 4) is 0 Å². The van der Waals surface area contributed by atoms with Crippen LogP contribution in [0.3, 0.4) is 0 Å². The second kappa shape index (κ2) is 5.44. The average Bonchev–Trinajstić information content (AvgIpc) is 2.73.